The molecule has 132 valence electrons. The lowest BCUT2D eigenvalue weighted by molar-refractivity contribution is -0.121. The zero-order chi connectivity index (χ0) is 16.7. The first kappa shape index (κ1) is 19.9. The summed E-state index contributed by atoms with van der Waals surface area (Å²) >= 11 is 0. The lowest BCUT2D eigenvalue weighted by Crippen LogP contribution is -2.37. The van der Waals surface area contributed by atoms with Gasteiger partial charge in [0.15, 0.2) is 0 Å². The summed E-state index contributed by atoms with van der Waals surface area (Å²) in [5.74, 6) is 1.65. The maximum Gasteiger partial charge on any atom is 0.227 e. The molecule has 0 aliphatic heterocycles. The number of nitrogens with zero attached hydrogens (tertiary/aromatic N) is 2. The summed E-state index contributed by atoms with van der Waals surface area (Å²) in [4.78, 5) is 16.0. The topological polar surface area (TPSA) is 103 Å². The number of aromatic nitrogens is 2. The van der Waals surface area contributed by atoms with Gasteiger partial charge < -0.3 is 20.3 Å². The minimum absolute atomic E-state index is 0. The van der Waals surface area contributed by atoms with Crippen LogP contribution in [-0.4, -0.2) is 35.2 Å². The van der Waals surface area contributed by atoms with Crippen LogP contribution in [0.2, 0.25) is 0 Å². The molecule has 8 heteroatoms. The van der Waals surface area contributed by atoms with Gasteiger partial charge in [0.2, 0.25) is 17.6 Å². The molecule has 1 atom stereocenters. The molecule has 1 aromatic heterocycles. The Morgan fingerprint density at radius 3 is 2.71 bits per heavy atom. The smallest absolute Gasteiger partial charge is 0.227 e. The summed E-state index contributed by atoms with van der Waals surface area (Å²) in [6.45, 7) is 4.82. The number of carbonyl (C=O) groups is 1. The first-order valence-electron chi connectivity index (χ1n) is 7.67. The van der Waals surface area contributed by atoms with E-state index in [-0.39, 0.29) is 30.8 Å². The van der Waals surface area contributed by atoms with Crippen molar-refractivity contribution in [2.24, 2.45) is 5.73 Å². The van der Waals surface area contributed by atoms with Gasteiger partial charge in [-0.2, -0.15) is 4.98 Å². The van der Waals surface area contributed by atoms with Crippen LogP contribution >= 0.6 is 12.4 Å². The van der Waals surface area contributed by atoms with E-state index in [9.17, 15) is 4.79 Å². The van der Waals surface area contributed by atoms with Crippen molar-refractivity contribution in [3.05, 3.63) is 30.2 Å². The average molecular weight is 355 g/mol. The second-order valence-electron chi connectivity index (χ2n) is 5.17. The van der Waals surface area contributed by atoms with Gasteiger partial charge in [-0.3, -0.25) is 4.79 Å². The van der Waals surface area contributed by atoms with Gasteiger partial charge in [0.05, 0.1) is 6.61 Å². The minimum atomic E-state index is -0.0798. The van der Waals surface area contributed by atoms with Gasteiger partial charge in [0.25, 0.3) is 0 Å². The molecular formula is C16H23ClN4O3. The van der Waals surface area contributed by atoms with Crippen molar-refractivity contribution in [2.75, 3.05) is 13.2 Å². The molecule has 0 radical (unpaired) electrons. The monoisotopic (exact) mass is 354 g/mol. The predicted molar refractivity (Wildman–Crippen MR) is 93.1 cm³/mol. The molecule has 2 rings (SSSR count). The second kappa shape index (κ2) is 9.89. The Balaban J connectivity index is 0.00000288. The van der Waals surface area contributed by atoms with Crippen LogP contribution in [-0.2, 0) is 11.2 Å². The summed E-state index contributed by atoms with van der Waals surface area (Å²) in [6, 6.07) is 7.42. The molecule has 1 aromatic carbocycles. The molecule has 0 aliphatic rings. The molecule has 24 heavy (non-hydrogen) atoms. The molecular weight excluding hydrogens is 332 g/mol. The lowest BCUT2D eigenvalue weighted by Gasteiger charge is -2.09. The number of benzene rings is 1. The zero-order valence-corrected chi connectivity index (χ0v) is 14.6. The fourth-order valence-corrected chi connectivity index (χ4v) is 1.97. The first-order valence-corrected chi connectivity index (χ1v) is 7.67. The summed E-state index contributed by atoms with van der Waals surface area (Å²) in [6.07, 6.45) is 0.683. The van der Waals surface area contributed by atoms with E-state index < -0.39 is 0 Å². The molecule has 0 saturated carbocycles. The van der Waals surface area contributed by atoms with E-state index in [1.807, 2.05) is 38.1 Å². The summed E-state index contributed by atoms with van der Waals surface area (Å²) in [5.41, 5.74) is 6.30. The Bertz CT molecular complexity index is 631. The molecule has 1 heterocycles. The largest absolute Gasteiger partial charge is 0.494 e. The van der Waals surface area contributed by atoms with E-state index in [1.54, 1.807) is 0 Å². The van der Waals surface area contributed by atoms with Gasteiger partial charge in [-0.1, -0.05) is 5.16 Å². The number of nitrogens with one attached hydrogen (secondary N) is 1. The molecule has 1 amide bonds. The van der Waals surface area contributed by atoms with E-state index >= 15 is 0 Å². The van der Waals surface area contributed by atoms with Crippen molar-refractivity contribution < 1.29 is 14.1 Å². The molecule has 0 saturated heterocycles. The lowest BCUT2D eigenvalue weighted by atomic mass is 10.2. The highest BCUT2D eigenvalue weighted by Gasteiger charge is 2.12. The van der Waals surface area contributed by atoms with Crippen LogP contribution in [0, 0.1) is 0 Å². The van der Waals surface area contributed by atoms with Crippen molar-refractivity contribution in [2.45, 2.75) is 32.7 Å². The van der Waals surface area contributed by atoms with Gasteiger partial charge in [0.1, 0.15) is 5.75 Å². The Kier molecular flexibility index (Phi) is 8.21. The Labute approximate surface area is 147 Å². The molecule has 0 bridgehead atoms. The quantitative estimate of drug-likeness (QED) is 0.751. The third-order valence-electron chi connectivity index (χ3n) is 3.22. The third kappa shape index (κ3) is 5.82. The van der Waals surface area contributed by atoms with Crippen LogP contribution < -0.4 is 15.8 Å². The Morgan fingerprint density at radius 1 is 1.38 bits per heavy atom. The molecule has 0 unspecified atom stereocenters. The standard InChI is InChI=1S/C16H22N4O3.ClH/c1-3-22-13-6-4-12(5-7-13)16-19-15(23-20-16)9-8-14(21)18-11(2)10-17;/h4-7,11H,3,8-10,17H2,1-2H3,(H,18,21);1H/t11-;/m0./s1. The van der Waals surface area contributed by atoms with E-state index in [2.05, 4.69) is 15.5 Å². The number of carbonyl (C=O) groups excluding carboxylic acids is 1. The van der Waals surface area contributed by atoms with Gasteiger partial charge in [-0.15, -0.1) is 12.4 Å². The number of hydrogen-bond acceptors (Lipinski definition) is 6. The highest BCUT2D eigenvalue weighted by molar-refractivity contribution is 5.85. The fourth-order valence-electron chi connectivity index (χ4n) is 1.97. The number of rotatable bonds is 8. The average Bonchev–Trinajstić information content (AvgIpc) is 3.03. The summed E-state index contributed by atoms with van der Waals surface area (Å²) < 4.78 is 10.6. The van der Waals surface area contributed by atoms with E-state index in [1.165, 1.54) is 0 Å². The van der Waals surface area contributed by atoms with Gasteiger partial charge in [-0.25, -0.2) is 0 Å². The number of aryl methyl sites for hydroxylation is 1. The molecule has 0 aliphatic carbocycles. The van der Waals surface area contributed by atoms with Crippen molar-refractivity contribution in [3.8, 4) is 17.1 Å². The van der Waals surface area contributed by atoms with Crippen LogP contribution in [0.15, 0.2) is 28.8 Å². The van der Waals surface area contributed by atoms with E-state index in [4.69, 9.17) is 15.0 Å². The first-order chi connectivity index (χ1) is 11.1. The van der Waals surface area contributed by atoms with Crippen molar-refractivity contribution in [1.29, 1.82) is 0 Å². The number of ether oxygens (including phenoxy) is 1. The SMILES string of the molecule is CCOc1ccc(-c2noc(CCC(=O)N[C@@H](C)CN)n2)cc1.Cl. The van der Waals surface area contributed by atoms with Crippen molar-refractivity contribution in [1.82, 2.24) is 15.5 Å². The number of hydrogen-bond donors (Lipinski definition) is 2. The maximum atomic E-state index is 11.7. The van der Waals surface area contributed by atoms with Crippen molar-refractivity contribution in [3.63, 3.8) is 0 Å². The second-order valence-corrected chi connectivity index (χ2v) is 5.17. The van der Waals surface area contributed by atoms with Crippen molar-refractivity contribution >= 4 is 18.3 Å². The zero-order valence-electron chi connectivity index (χ0n) is 13.8. The highest BCUT2D eigenvalue weighted by atomic mass is 35.5. The highest BCUT2D eigenvalue weighted by Crippen LogP contribution is 2.20. The van der Waals surface area contributed by atoms with Crippen LogP contribution in [0.5, 0.6) is 5.75 Å². The number of amides is 1. The number of nitrogens with two attached hydrogens (primary N) is 1. The molecule has 3 N–H and O–H groups in total. The van der Waals surface area contributed by atoms with Gasteiger partial charge >= 0.3 is 0 Å². The molecule has 0 fully saturated rings. The van der Waals surface area contributed by atoms with E-state index in [0.717, 1.165) is 11.3 Å². The maximum absolute atomic E-state index is 11.7. The summed E-state index contributed by atoms with van der Waals surface area (Å²) in [7, 11) is 0. The van der Waals surface area contributed by atoms with Crippen LogP contribution in [0.3, 0.4) is 0 Å². The molecule has 2 aromatic rings. The minimum Gasteiger partial charge on any atom is -0.494 e. The van der Waals surface area contributed by atoms with Gasteiger partial charge in [0, 0.05) is 31.0 Å². The van der Waals surface area contributed by atoms with Crippen LogP contribution in [0.4, 0.5) is 0 Å². The van der Waals surface area contributed by atoms with Crippen LogP contribution in [0.25, 0.3) is 11.4 Å². The third-order valence-corrected chi connectivity index (χ3v) is 3.22. The number of halogens is 1. The fraction of sp³-hybridized carbons (Fsp3) is 0.438. The Hall–Kier alpha value is -2.12. The van der Waals surface area contributed by atoms with E-state index in [0.29, 0.717) is 31.3 Å². The predicted octanol–water partition coefficient (Wildman–Crippen LogP) is 1.95. The normalized spacial score (nSPS) is 11.5. The molecule has 0 spiro atoms. The Morgan fingerprint density at radius 2 is 2.08 bits per heavy atom. The summed E-state index contributed by atoms with van der Waals surface area (Å²) in [5, 5.41) is 6.73. The van der Waals surface area contributed by atoms with Gasteiger partial charge in [-0.05, 0) is 38.1 Å². The van der Waals surface area contributed by atoms with Crippen LogP contribution in [0.1, 0.15) is 26.2 Å². The molecule has 7 nitrogen and oxygen atoms in total.